The molecule has 0 saturated carbocycles. The van der Waals surface area contributed by atoms with Crippen LogP contribution in [0.3, 0.4) is 0 Å². The van der Waals surface area contributed by atoms with Crippen LogP contribution in [-0.2, 0) is 0 Å². The maximum absolute atomic E-state index is 12.7. The number of carboxylic acids is 1. The molecule has 0 radical (unpaired) electrons. The van der Waals surface area contributed by atoms with Gasteiger partial charge < -0.3 is 15.7 Å². The molecule has 33 heavy (non-hydrogen) atoms. The molecule has 6 heteroatoms. The summed E-state index contributed by atoms with van der Waals surface area (Å²) in [6.45, 7) is 4.17. The smallest absolute Gasteiger partial charge is 0.337 e. The van der Waals surface area contributed by atoms with E-state index in [1.54, 1.807) is 12.1 Å². The molecule has 0 spiro atoms. The van der Waals surface area contributed by atoms with E-state index < -0.39 is 5.97 Å². The quantitative estimate of drug-likeness (QED) is 0.405. The third-order valence-electron chi connectivity index (χ3n) is 6.29. The zero-order valence-corrected chi connectivity index (χ0v) is 18.6. The zero-order valence-electron chi connectivity index (χ0n) is 18.6. The normalized spacial score (nSPS) is 14.9. The maximum Gasteiger partial charge on any atom is 0.337 e. The SMILES string of the molecule is Nc1c(C(=O)O)cccc1C(=O)CCN1CCN(C(c2ccccc2)c2ccccc2)CC1. The molecule has 1 saturated heterocycles. The first-order chi connectivity index (χ1) is 16.0. The molecule has 0 unspecified atom stereocenters. The average Bonchev–Trinajstić information content (AvgIpc) is 2.85. The number of hydrogen-bond donors (Lipinski definition) is 2. The van der Waals surface area contributed by atoms with Crippen molar-refractivity contribution in [1.82, 2.24) is 9.80 Å². The second kappa shape index (κ2) is 10.4. The second-order valence-electron chi connectivity index (χ2n) is 8.35. The van der Waals surface area contributed by atoms with Crippen molar-refractivity contribution >= 4 is 17.4 Å². The summed E-state index contributed by atoms with van der Waals surface area (Å²) in [6, 6.07) is 25.9. The predicted molar refractivity (Wildman–Crippen MR) is 130 cm³/mol. The monoisotopic (exact) mass is 443 g/mol. The molecule has 3 N–H and O–H groups in total. The van der Waals surface area contributed by atoms with E-state index in [-0.39, 0.29) is 23.1 Å². The second-order valence-corrected chi connectivity index (χ2v) is 8.35. The minimum Gasteiger partial charge on any atom is -0.478 e. The van der Waals surface area contributed by atoms with Crippen LogP contribution in [0.2, 0.25) is 0 Å². The van der Waals surface area contributed by atoms with Crippen LogP contribution in [-0.4, -0.2) is 59.4 Å². The van der Waals surface area contributed by atoms with Gasteiger partial charge in [-0.2, -0.15) is 0 Å². The van der Waals surface area contributed by atoms with Gasteiger partial charge in [-0.05, 0) is 23.3 Å². The number of rotatable bonds is 8. The summed E-state index contributed by atoms with van der Waals surface area (Å²) in [7, 11) is 0. The third kappa shape index (κ3) is 5.30. The van der Waals surface area contributed by atoms with Crippen molar-refractivity contribution in [3.05, 3.63) is 101 Å². The van der Waals surface area contributed by atoms with Crippen molar-refractivity contribution in [1.29, 1.82) is 0 Å². The van der Waals surface area contributed by atoms with E-state index in [0.29, 0.717) is 18.5 Å². The fourth-order valence-corrected chi connectivity index (χ4v) is 4.52. The lowest BCUT2D eigenvalue weighted by Crippen LogP contribution is -2.48. The molecule has 0 bridgehead atoms. The van der Waals surface area contributed by atoms with Gasteiger partial charge in [0.2, 0.25) is 0 Å². The van der Waals surface area contributed by atoms with Gasteiger partial charge in [-0.1, -0.05) is 66.7 Å². The van der Waals surface area contributed by atoms with E-state index in [1.165, 1.54) is 17.2 Å². The molecule has 3 aromatic rings. The fraction of sp³-hybridized carbons (Fsp3) is 0.259. The molecule has 170 valence electrons. The van der Waals surface area contributed by atoms with Gasteiger partial charge in [0.1, 0.15) is 0 Å². The number of Topliss-reactive ketones (excluding diaryl/α,β-unsaturated/α-hetero) is 1. The lowest BCUT2D eigenvalue weighted by Gasteiger charge is -2.39. The van der Waals surface area contributed by atoms with Crippen molar-refractivity contribution in [3.63, 3.8) is 0 Å². The summed E-state index contributed by atoms with van der Waals surface area (Å²) in [6.07, 6.45) is 0.314. The molecule has 1 heterocycles. The molecular weight excluding hydrogens is 414 g/mol. The molecule has 4 rings (SSSR count). The summed E-state index contributed by atoms with van der Waals surface area (Å²) in [5, 5.41) is 9.24. The minimum absolute atomic E-state index is 0.0256. The Kier molecular flexibility index (Phi) is 7.17. The Morgan fingerprint density at radius 1 is 0.788 bits per heavy atom. The highest BCUT2D eigenvalue weighted by molar-refractivity contribution is 6.06. The molecule has 1 aliphatic heterocycles. The van der Waals surface area contributed by atoms with Gasteiger partial charge in [-0.25, -0.2) is 4.79 Å². The van der Waals surface area contributed by atoms with Crippen molar-refractivity contribution in [2.75, 3.05) is 38.5 Å². The number of benzene rings is 3. The summed E-state index contributed by atoms with van der Waals surface area (Å²) in [5.74, 6) is -1.24. The van der Waals surface area contributed by atoms with Crippen molar-refractivity contribution in [2.45, 2.75) is 12.5 Å². The van der Waals surface area contributed by atoms with E-state index in [4.69, 9.17) is 5.73 Å². The van der Waals surface area contributed by atoms with Crippen LogP contribution in [0.15, 0.2) is 78.9 Å². The molecular formula is C27H29N3O3. The molecule has 0 amide bonds. The van der Waals surface area contributed by atoms with Gasteiger partial charge >= 0.3 is 5.97 Å². The number of piperazine rings is 1. The summed E-state index contributed by atoms with van der Waals surface area (Å²) < 4.78 is 0. The number of nitrogen functional groups attached to an aromatic ring is 1. The van der Waals surface area contributed by atoms with E-state index in [9.17, 15) is 14.7 Å². The van der Waals surface area contributed by atoms with Crippen LogP contribution in [0, 0.1) is 0 Å². The van der Waals surface area contributed by atoms with Gasteiger partial charge in [0.05, 0.1) is 17.3 Å². The summed E-state index contributed by atoms with van der Waals surface area (Å²) >= 11 is 0. The lowest BCUT2D eigenvalue weighted by atomic mass is 9.96. The molecule has 0 aromatic heterocycles. The van der Waals surface area contributed by atoms with E-state index in [2.05, 4.69) is 58.3 Å². The van der Waals surface area contributed by atoms with Crippen molar-refractivity contribution in [2.24, 2.45) is 0 Å². The van der Waals surface area contributed by atoms with Gasteiger partial charge in [0, 0.05) is 44.7 Å². The Balaban J connectivity index is 1.38. The minimum atomic E-state index is -1.12. The number of ketones is 1. The molecule has 1 fully saturated rings. The Labute approximate surface area is 194 Å². The first kappa shape index (κ1) is 22.7. The third-order valence-corrected chi connectivity index (χ3v) is 6.29. The molecule has 0 aliphatic carbocycles. The standard InChI is InChI=1S/C27H29N3O3/c28-25-22(12-7-13-23(25)27(32)33)24(31)14-15-29-16-18-30(19-17-29)26(20-8-3-1-4-9-20)21-10-5-2-6-11-21/h1-13,26H,14-19,28H2,(H,32,33). The van der Waals surface area contributed by atoms with Crippen LogP contribution >= 0.6 is 0 Å². The number of carboxylic acid groups (broad SMARTS) is 1. The molecule has 0 atom stereocenters. The Hall–Kier alpha value is -3.48. The number of aromatic carboxylic acids is 1. The van der Waals surface area contributed by atoms with Crippen LogP contribution < -0.4 is 5.73 Å². The highest BCUT2D eigenvalue weighted by Crippen LogP contribution is 2.29. The molecule has 1 aliphatic rings. The highest BCUT2D eigenvalue weighted by atomic mass is 16.4. The lowest BCUT2D eigenvalue weighted by molar-refractivity contribution is 0.0698. The largest absolute Gasteiger partial charge is 0.478 e. The highest BCUT2D eigenvalue weighted by Gasteiger charge is 2.26. The summed E-state index contributed by atoms with van der Waals surface area (Å²) in [4.78, 5) is 28.8. The molecule has 6 nitrogen and oxygen atoms in total. The Morgan fingerprint density at radius 2 is 1.33 bits per heavy atom. The Bertz CT molecular complexity index is 1050. The topological polar surface area (TPSA) is 86.9 Å². The maximum atomic E-state index is 12.7. The van der Waals surface area contributed by atoms with E-state index >= 15 is 0 Å². The Morgan fingerprint density at radius 3 is 1.88 bits per heavy atom. The average molecular weight is 444 g/mol. The number of nitrogens with two attached hydrogens (primary N) is 1. The van der Waals surface area contributed by atoms with Crippen molar-refractivity contribution in [3.8, 4) is 0 Å². The van der Waals surface area contributed by atoms with Crippen LogP contribution in [0.5, 0.6) is 0 Å². The van der Waals surface area contributed by atoms with Crippen molar-refractivity contribution < 1.29 is 14.7 Å². The zero-order chi connectivity index (χ0) is 23.2. The van der Waals surface area contributed by atoms with Gasteiger partial charge in [0.15, 0.2) is 5.78 Å². The van der Waals surface area contributed by atoms with Crippen LogP contribution in [0.25, 0.3) is 0 Å². The van der Waals surface area contributed by atoms with Crippen LogP contribution in [0.4, 0.5) is 5.69 Å². The number of hydrogen-bond acceptors (Lipinski definition) is 5. The van der Waals surface area contributed by atoms with E-state index in [1.807, 2.05) is 12.1 Å². The number of para-hydroxylation sites is 1. The van der Waals surface area contributed by atoms with Crippen LogP contribution in [0.1, 0.15) is 44.3 Å². The number of carbonyl (C=O) groups is 2. The number of anilines is 1. The first-order valence-corrected chi connectivity index (χ1v) is 11.3. The number of nitrogens with zero attached hydrogens (tertiary/aromatic N) is 2. The molecule has 3 aromatic carbocycles. The van der Waals surface area contributed by atoms with E-state index in [0.717, 1.165) is 26.2 Å². The predicted octanol–water partition coefficient (Wildman–Crippen LogP) is 3.95. The first-order valence-electron chi connectivity index (χ1n) is 11.3. The summed E-state index contributed by atoms with van der Waals surface area (Å²) in [5.41, 5.74) is 8.81. The van der Waals surface area contributed by atoms with Gasteiger partial charge in [0.25, 0.3) is 0 Å². The van der Waals surface area contributed by atoms with Gasteiger partial charge in [-0.15, -0.1) is 0 Å². The number of carbonyl (C=O) groups excluding carboxylic acids is 1. The van der Waals surface area contributed by atoms with Gasteiger partial charge in [-0.3, -0.25) is 9.69 Å². The fourth-order valence-electron chi connectivity index (χ4n) is 4.52.